The molecule has 0 amide bonds. The van der Waals surface area contributed by atoms with Crippen LogP contribution in [0.15, 0.2) is 22.8 Å². The van der Waals surface area contributed by atoms with Crippen LogP contribution in [0.3, 0.4) is 0 Å². The monoisotopic (exact) mass is 257 g/mol. The van der Waals surface area contributed by atoms with Crippen LogP contribution in [0.1, 0.15) is 19.1 Å². The van der Waals surface area contributed by atoms with Crippen molar-refractivity contribution >= 4 is 23.5 Å². The Balaban J connectivity index is 1.94. The summed E-state index contributed by atoms with van der Waals surface area (Å²) in [4.78, 5) is 0. The molecule has 0 aliphatic carbocycles. The highest BCUT2D eigenvalue weighted by Gasteiger charge is 2.30. The van der Waals surface area contributed by atoms with Crippen molar-refractivity contribution < 1.29 is 4.42 Å². The zero-order chi connectivity index (χ0) is 11.4. The molecule has 1 aliphatic heterocycles. The SMILES string of the molecule is CCC1SCCSC1C(N)Cc1ccco1. The van der Waals surface area contributed by atoms with E-state index in [1.165, 1.54) is 17.9 Å². The molecule has 2 nitrogen and oxygen atoms in total. The van der Waals surface area contributed by atoms with Gasteiger partial charge in [-0.3, -0.25) is 0 Å². The molecular formula is C12H19NOS2. The molecule has 2 rings (SSSR count). The van der Waals surface area contributed by atoms with E-state index in [0.717, 1.165) is 12.2 Å². The van der Waals surface area contributed by atoms with Crippen molar-refractivity contribution in [3.63, 3.8) is 0 Å². The summed E-state index contributed by atoms with van der Waals surface area (Å²) in [5.74, 6) is 3.52. The molecule has 1 saturated heterocycles. The van der Waals surface area contributed by atoms with Gasteiger partial charge in [0.1, 0.15) is 5.76 Å². The quantitative estimate of drug-likeness (QED) is 0.900. The van der Waals surface area contributed by atoms with Crippen molar-refractivity contribution in [2.45, 2.75) is 36.3 Å². The van der Waals surface area contributed by atoms with Gasteiger partial charge in [0.25, 0.3) is 0 Å². The minimum atomic E-state index is 0.217. The van der Waals surface area contributed by atoms with Gasteiger partial charge in [-0.1, -0.05) is 6.92 Å². The first-order chi connectivity index (χ1) is 7.81. The molecule has 1 fully saturated rings. The van der Waals surface area contributed by atoms with Gasteiger partial charge in [0.05, 0.1) is 6.26 Å². The molecule has 0 radical (unpaired) electrons. The van der Waals surface area contributed by atoms with E-state index >= 15 is 0 Å². The van der Waals surface area contributed by atoms with Crippen molar-refractivity contribution in [1.82, 2.24) is 0 Å². The van der Waals surface area contributed by atoms with Gasteiger partial charge in [-0.05, 0) is 18.6 Å². The topological polar surface area (TPSA) is 39.2 Å². The van der Waals surface area contributed by atoms with E-state index in [2.05, 4.69) is 18.7 Å². The molecule has 2 N–H and O–H groups in total. The number of rotatable bonds is 4. The van der Waals surface area contributed by atoms with E-state index in [-0.39, 0.29) is 6.04 Å². The van der Waals surface area contributed by atoms with E-state index in [1.54, 1.807) is 6.26 Å². The Bertz CT molecular complexity index is 302. The van der Waals surface area contributed by atoms with Crippen LogP contribution in [-0.4, -0.2) is 28.0 Å². The van der Waals surface area contributed by atoms with Crippen LogP contribution in [0.2, 0.25) is 0 Å². The predicted octanol–water partition coefficient (Wildman–Crippen LogP) is 2.78. The summed E-state index contributed by atoms with van der Waals surface area (Å²) in [6, 6.07) is 4.16. The Labute approximate surface area is 106 Å². The third-order valence-corrected chi connectivity index (χ3v) is 6.36. The van der Waals surface area contributed by atoms with Gasteiger partial charge in [-0.25, -0.2) is 0 Å². The second-order valence-corrected chi connectivity index (χ2v) is 6.73. The maximum atomic E-state index is 6.31. The van der Waals surface area contributed by atoms with Crippen molar-refractivity contribution in [2.75, 3.05) is 11.5 Å². The average molecular weight is 257 g/mol. The summed E-state index contributed by atoms with van der Waals surface area (Å²) in [7, 11) is 0. The first kappa shape index (κ1) is 12.4. The van der Waals surface area contributed by atoms with E-state index in [0.29, 0.717) is 10.5 Å². The Kier molecular flexibility index (Phi) is 4.67. The second kappa shape index (κ2) is 6.03. The summed E-state index contributed by atoms with van der Waals surface area (Å²) in [6.45, 7) is 2.26. The lowest BCUT2D eigenvalue weighted by Crippen LogP contribution is -2.43. The van der Waals surface area contributed by atoms with E-state index in [9.17, 15) is 0 Å². The van der Waals surface area contributed by atoms with Gasteiger partial charge in [-0.2, -0.15) is 23.5 Å². The first-order valence-electron chi connectivity index (χ1n) is 5.82. The molecule has 0 spiro atoms. The van der Waals surface area contributed by atoms with E-state index in [4.69, 9.17) is 10.2 Å². The van der Waals surface area contributed by atoms with Crippen LogP contribution in [0.25, 0.3) is 0 Å². The fraction of sp³-hybridized carbons (Fsp3) is 0.667. The minimum Gasteiger partial charge on any atom is -0.469 e. The van der Waals surface area contributed by atoms with Crippen LogP contribution in [0.4, 0.5) is 0 Å². The van der Waals surface area contributed by atoms with Crippen LogP contribution in [0, 0.1) is 0 Å². The molecular weight excluding hydrogens is 238 g/mol. The van der Waals surface area contributed by atoms with Gasteiger partial charge >= 0.3 is 0 Å². The molecule has 1 aromatic rings. The van der Waals surface area contributed by atoms with Crippen molar-refractivity contribution in [1.29, 1.82) is 0 Å². The number of nitrogens with two attached hydrogens (primary N) is 1. The van der Waals surface area contributed by atoms with Crippen LogP contribution in [0.5, 0.6) is 0 Å². The molecule has 3 unspecified atom stereocenters. The fourth-order valence-corrected chi connectivity index (χ4v) is 5.31. The molecule has 1 aliphatic rings. The maximum absolute atomic E-state index is 6.31. The smallest absolute Gasteiger partial charge is 0.105 e. The summed E-state index contributed by atoms with van der Waals surface area (Å²) in [5, 5.41) is 1.29. The maximum Gasteiger partial charge on any atom is 0.105 e. The lowest BCUT2D eigenvalue weighted by atomic mass is 10.1. The molecule has 0 saturated carbocycles. The lowest BCUT2D eigenvalue weighted by Gasteiger charge is -2.33. The van der Waals surface area contributed by atoms with E-state index < -0.39 is 0 Å². The number of hydrogen-bond acceptors (Lipinski definition) is 4. The molecule has 2 heterocycles. The normalized spacial score (nSPS) is 27.9. The third kappa shape index (κ3) is 2.99. The molecule has 0 aromatic carbocycles. The summed E-state index contributed by atoms with van der Waals surface area (Å²) in [6.07, 6.45) is 3.80. The van der Waals surface area contributed by atoms with Gasteiger partial charge in [0.2, 0.25) is 0 Å². The Morgan fingerprint density at radius 2 is 2.31 bits per heavy atom. The minimum absolute atomic E-state index is 0.217. The zero-order valence-corrected chi connectivity index (χ0v) is 11.2. The Hall–Kier alpha value is -0.0600. The lowest BCUT2D eigenvalue weighted by molar-refractivity contribution is 0.474. The van der Waals surface area contributed by atoms with Gasteiger partial charge < -0.3 is 10.2 Å². The van der Waals surface area contributed by atoms with Gasteiger partial charge in [-0.15, -0.1) is 0 Å². The Morgan fingerprint density at radius 3 is 3.00 bits per heavy atom. The number of thioether (sulfide) groups is 2. The van der Waals surface area contributed by atoms with Gasteiger partial charge in [0.15, 0.2) is 0 Å². The summed E-state index contributed by atoms with van der Waals surface area (Å²) < 4.78 is 5.37. The summed E-state index contributed by atoms with van der Waals surface area (Å²) >= 11 is 4.12. The molecule has 1 aromatic heterocycles. The van der Waals surface area contributed by atoms with Crippen molar-refractivity contribution in [3.05, 3.63) is 24.2 Å². The summed E-state index contributed by atoms with van der Waals surface area (Å²) in [5.41, 5.74) is 6.31. The highest BCUT2D eigenvalue weighted by Crippen LogP contribution is 2.35. The predicted molar refractivity (Wildman–Crippen MR) is 73.2 cm³/mol. The highest BCUT2D eigenvalue weighted by molar-refractivity contribution is 8.07. The van der Waals surface area contributed by atoms with Crippen molar-refractivity contribution in [3.8, 4) is 0 Å². The number of furan rings is 1. The van der Waals surface area contributed by atoms with Gasteiger partial charge in [0, 0.05) is 34.5 Å². The van der Waals surface area contributed by atoms with Crippen LogP contribution < -0.4 is 5.73 Å². The first-order valence-corrected chi connectivity index (χ1v) is 7.92. The molecule has 90 valence electrons. The van der Waals surface area contributed by atoms with E-state index in [1.807, 2.05) is 23.9 Å². The fourth-order valence-electron chi connectivity index (χ4n) is 2.11. The van der Waals surface area contributed by atoms with Crippen LogP contribution in [-0.2, 0) is 6.42 Å². The molecule has 4 heteroatoms. The third-order valence-electron chi connectivity index (χ3n) is 2.93. The molecule has 3 atom stereocenters. The highest BCUT2D eigenvalue weighted by atomic mass is 32.2. The molecule has 16 heavy (non-hydrogen) atoms. The standard InChI is InChI=1S/C12H19NOS2/c1-2-11-12(16-7-6-15-11)10(13)8-9-4-3-5-14-9/h3-5,10-12H,2,6-8,13H2,1H3. The largest absolute Gasteiger partial charge is 0.469 e. The Morgan fingerprint density at radius 1 is 1.50 bits per heavy atom. The van der Waals surface area contributed by atoms with Crippen LogP contribution >= 0.6 is 23.5 Å². The van der Waals surface area contributed by atoms with Crippen molar-refractivity contribution in [2.24, 2.45) is 5.73 Å². The second-order valence-electron chi connectivity index (χ2n) is 4.10. The molecule has 0 bridgehead atoms. The number of hydrogen-bond donors (Lipinski definition) is 1. The average Bonchev–Trinajstić information content (AvgIpc) is 2.81. The zero-order valence-electron chi connectivity index (χ0n) is 9.59.